The van der Waals surface area contributed by atoms with Crippen molar-refractivity contribution >= 4 is 50.6 Å². The lowest BCUT2D eigenvalue weighted by atomic mass is 10.1. The fraction of sp³-hybridized carbons (Fsp3) is 0.412. The zero-order valence-corrected chi connectivity index (χ0v) is 17.4. The second kappa shape index (κ2) is 5.39. The summed E-state index contributed by atoms with van der Waals surface area (Å²) in [5, 5.41) is 0.485. The van der Waals surface area contributed by atoms with Crippen molar-refractivity contribution < 1.29 is 0 Å². The van der Waals surface area contributed by atoms with Crippen molar-refractivity contribution in [1.29, 1.82) is 0 Å². The van der Waals surface area contributed by atoms with Gasteiger partial charge in [-0.3, -0.25) is 4.72 Å². The van der Waals surface area contributed by atoms with Gasteiger partial charge in [0, 0.05) is 10.0 Å². The van der Waals surface area contributed by atoms with Gasteiger partial charge in [0.15, 0.2) is 0 Å². The van der Waals surface area contributed by atoms with Crippen LogP contribution in [0.25, 0.3) is 6.08 Å². The minimum Gasteiger partial charge on any atom is -0.263 e. The van der Waals surface area contributed by atoms with Gasteiger partial charge in [-0.05, 0) is 77.4 Å². The van der Waals surface area contributed by atoms with E-state index in [1.807, 2.05) is 0 Å². The van der Waals surface area contributed by atoms with Crippen LogP contribution in [0, 0.1) is 0 Å². The van der Waals surface area contributed by atoms with Crippen LogP contribution in [0.4, 0.5) is 0 Å². The van der Waals surface area contributed by atoms with Crippen LogP contribution in [0.2, 0.25) is 0 Å². The molecule has 0 bridgehead atoms. The number of hydrogen-bond acceptors (Lipinski definition) is 1. The second-order valence-corrected chi connectivity index (χ2v) is 14.2. The SMILES string of the molecule is CC1=Cc2c(Br)cccc2C1S(I)(NC(C)(C)C)C1=CC1. The van der Waals surface area contributed by atoms with Crippen LogP contribution in [0.15, 0.2) is 39.2 Å². The lowest BCUT2D eigenvalue weighted by molar-refractivity contribution is 0.532. The highest BCUT2D eigenvalue weighted by Gasteiger charge is 2.44. The summed E-state index contributed by atoms with van der Waals surface area (Å²) < 4.78 is 5.18. The Morgan fingerprint density at radius 2 is 2.00 bits per heavy atom. The molecule has 4 heteroatoms. The largest absolute Gasteiger partial charge is 0.263 e. The van der Waals surface area contributed by atoms with E-state index in [9.17, 15) is 0 Å². The molecular formula is C17H21BrINS. The zero-order valence-electron chi connectivity index (χ0n) is 12.8. The van der Waals surface area contributed by atoms with E-state index in [4.69, 9.17) is 0 Å². The third-order valence-corrected chi connectivity index (χ3v) is 11.5. The molecule has 0 aromatic heterocycles. The van der Waals surface area contributed by atoms with Crippen molar-refractivity contribution in [2.24, 2.45) is 0 Å². The lowest BCUT2D eigenvalue weighted by Gasteiger charge is -2.45. The topological polar surface area (TPSA) is 12.0 Å². The Balaban J connectivity index is 2.09. The molecule has 2 aliphatic carbocycles. The molecule has 21 heavy (non-hydrogen) atoms. The Morgan fingerprint density at radius 1 is 1.33 bits per heavy atom. The average molecular weight is 478 g/mol. The van der Waals surface area contributed by atoms with E-state index < -0.39 is 7.39 Å². The van der Waals surface area contributed by atoms with Crippen molar-refractivity contribution in [3.05, 3.63) is 50.4 Å². The van der Waals surface area contributed by atoms with Gasteiger partial charge in [-0.1, -0.05) is 53.2 Å². The Hall–Kier alpha value is 0.220. The third kappa shape index (κ3) is 3.01. The van der Waals surface area contributed by atoms with Gasteiger partial charge < -0.3 is 0 Å². The van der Waals surface area contributed by atoms with E-state index >= 15 is 0 Å². The van der Waals surface area contributed by atoms with Crippen LogP contribution < -0.4 is 4.72 Å². The molecule has 1 aromatic carbocycles. The number of fused-ring (bicyclic) bond motifs is 1. The summed E-state index contributed by atoms with van der Waals surface area (Å²) in [6, 6.07) is 6.60. The molecule has 0 spiro atoms. The quantitative estimate of drug-likeness (QED) is 0.480. The normalized spacial score (nSPS) is 24.8. The fourth-order valence-corrected chi connectivity index (χ4v) is 11.6. The maximum absolute atomic E-state index is 3.97. The highest BCUT2D eigenvalue weighted by atomic mass is 127. The molecule has 2 aliphatic rings. The molecule has 0 heterocycles. The van der Waals surface area contributed by atoms with Gasteiger partial charge in [0.2, 0.25) is 0 Å². The maximum atomic E-state index is 3.97. The van der Waals surface area contributed by atoms with Crippen molar-refractivity contribution in [1.82, 2.24) is 4.72 Å². The first-order valence-corrected chi connectivity index (χ1v) is 12.2. The predicted molar refractivity (Wildman–Crippen MR) is 108 cm³/mol. The molecule has 2 atom stereocenters. The van der Waals surface area contributed by atoms with E-state index in [1.54, 1.807) is 4.91 Å². The molecular weight excluding hydrogens is 457 g/mol. The lowest BCUT2D eigenvalue weighted by Crippen LogP contribution is -2.37. The molecule has 0 fully saturated rings. The Kier molecular flexibility index (Phi) is 4.13. The Labute approximate surface area is 149 Å². The first kappa shape index (κ1) is 16.1. The number of allylic oxidation sites excluding steroid dienone is 2. The first-order valence-electron chi connectivity index (χ1n) is 7.19. The molecule has 3 rings (SSSR count). The monoisotopic (exact) mass is 477 g/mol. The third-order valence-electron chi connectivity index (χ3n) is 3.69. The summed E-state index contributed by atoms with van der Waals surface area (Å²) in [6.45, 7) is 9.09. The van der Waals surface area contributed by atoms with E-state index in [-0.39, 0.29) is 5.54 Å². The van der Waals surface area contributed by atoms with Crippen molar-refractivity contribution in [2.75, 3.05) is 0 Å². The van der Waals surface area contributed by atoms with Crippen LogP contribution in [-0.4, -0.2) is 5.54 Å². The standard InChI is InChI=1S/C17H21BrINS/c1-11-10-14-13(6-5-7-15(14)18)16(11)21(19,12-8-9-12)20-17(2,3)4/h5-8,10,16,20H,9H2,1-4H3. The number of nitrogens with one attached hydrogen (secondary N) is 1. The highest BCUT2D eigenvalue weighted by Crippen LogP contribution is 2.77. The summed E-state index contributed by atoms with van der Waals surface area (Å²) in [6.07, 6.45) is 5.93. The van der Waals surface area contributed by atoms with Gasteiger partial charge in [-0.25, -0.2) is 0 Å². The summed E-state index contributed by atoms with van der Waals surface area (Å²) in [5.74, 6) is 0. The molecule has 1 aromatic rings. The molecule has 2 unspecified atom stereocenters. The molecule has 0 aliphatic heterocycles. The molecule has 1 nitrogen and oxygen atoms in total. The van der Waals surface area contributed by atoms with Gasteiger partial charge in [-0.2, -0.15) is 0 Å². The highest BCUT2D eigenvalue weighted by molar-refractivity contribution is 14.2. The van der Waals surface area contributed by atoms with Gasteiger partial charge in [0.1, 0.15) is 0 Å². The zero-order chi connectivity index (χ0) is 15.4. The summed E-state index contributed by atoms with van der Waals surface area (Å²) >= 11 is 6.44. The minimum atomic E-state index is -1.07. The first-order chi connectivity index (χ1) is 9.72. The maximum Gasteiger partial charge on any atom is 0.0596 e. The summed E-state index contributed by atoms with van der Waals surface area (Å²) in [7, 11) is -1.07. The smallest absolute Gasteiger partial charge is 0.0596 e. The van der Waals surface area contributed by atoms with E-state index in [1.165, 1.54) is 27.6 Å². The van der Waals surface area contributed by atoms with Crippen molar-refractivity contribution in [3.8, 4) is 0 Å². The van der Waals surface area contributed by atoms with Gasteiger partial charge in [-0.15, -0.1) is 0 Å². The average Bonchev–Trinajstić information content (AvgIpc) is 3.11. The molecule has 1 N–H and O–H groups in total. The van der Waals surface area contributed by atoms with Crippen molar-refractivity contribution in [2.45, 2.75) is 44.9 Å². The minimum absolute atomic E-state index is 0.120. The predicted octanol–water partition coefficient (Wildman–Crippen LogP) is 6.65. The van der Waals surface area contributed by atoms with Crippen LogP contribution in [0.1, 0.15) is 50.5 Å². The van der Waals surface area contributed by atoms with E-state index in [0.717, 1.165) is 0 Å². The molecule has 0 amide bonds. The summed E-state index contributed by atoms with van der Waals surface area (Å²) in [5.41, 5.74) is 4.43. The molecule has 114 valence electrons. The van der Waals surface area contributed by atoms with Crippen LogP contribution in [0.5, 0.6) is 0 Å². The van der Waals surface area contributed by atoms with E-state index in [0.29, 0.717) is 5.25 Å². The number of benzene rings is 1. The fourth-order valence-electron chi connectivity index (χ4n) is 2.92. The van der Waals surface area contributed by atoms with Crippen molar-refractivity contribution in [3.63, 3.8) is 0 Å². The van der Waals surface area contributed by atoms with Crippen LogP contribution in [0.3, 0.4) is 0 Å². The number of rotatable bonds is 3. The Bertz CT molecular complexity index is 659. The number of halogens is 2. The number of hydrogen-bond donors (Lipinski definition) is 1. The van der Waals surface area contributed by atoms with Gasteiger partial charge in [0.05, 0.1) is 5.25 Å². The van der Waals surface area contributed by atoms with Crippen LogP contribution in [-0.2, 0) is 0 Å². The van der Waals surface area contributed by atoms with Gasteiger partial charge >= 0.3 is 0 Å². The van der Waals surface area contributed by atoms with Crippen LogP contribution >= 0.6 is 44.5 Å². The second-order valence-electron chi connectivity index (χ2n) is 6.82. The molecule has 0 saturated heterocycles. The Morgan fingerprint density at radius 3 is 2.57 bits per heavy atom. The van der Waals surface area contributed by atoms with E-state index in [2.05, 4.69) is 99.9 Å². The van der Waals surface area contributed by atoms with Gasteiger partial charge in [0.25, 0.3) is 0 Å². The molecule has 0 saturated carbocycles. The molecule has 0 radical (unpaired) electrons. The summed E-state index contributed by atoms with van der Waals surface area (Å²) in [4.78, 5) is 1.61.